The van der Waals surface area contributed by atoms with Crippen molar-refractivity contribution in [2.75, 3.05) is 0 Å². The summed E-state index contributed by atoms with van der Waals surface area (Å²) >= 11 is 3.20. The lowest BCUT2D eigenvalue weighted by Crippen LogP contribution is -2.27. The normalized spacial score (nSPS) is 21.3. The number of carbonyl (C=O) groups is 1. The summed E-state index contributed by atoms with van der Waals surface area (Å²) in [5.41, 5.74) is 6.50. The maximum Gasteiger partial charge on any atom is 0.205 e. The maximum atomic E-state index is 14.4. The van der Waals surface area contributed by atoms with Crippen LogP contribution in [0.4, 0.5) is 4.39 Å². The van der Waals surface area contributed by atoms with E-state index >= 15 is 0 Å². The highest BCUT2D eigenvalue weighted by Gasteiger charge is 2.39. The van der Waals surface area contributed by atoms with E-state index in [1.807, 2.05) is 6.07 Å². The van der Waals surface area contributed by atoms with Crippen LogP contribution < -0.4 is 5.73 Å². The third-order valence-electron chi connectivity index (χ3n) is 3.88. The largest absolute Gasteiger partial charge is 0.444 e. The van der Waals surface area contributed by atoms with Crippen LogP contribution in [0.25, 0.3) is 0 Å². The molecule has 0 spiro atoms. The molecule has 1 atom stereocenters. The van der Waals surface area contributed by atoms with Crippen molar-refractivity contribution in [2.45, 2.75) is 25.2 Å². The number of ether oxygens (including phenoxy) is 1. The number of rotatable bonds is 1. The van der Waals surface area contributed by atoms with Gasteiger partial charge in [-0.25, -0.2) is 4.39 Å². The average Bonchev–Trinajstić information content (AvgIpc) is 2.46. The molecule has 4 nitrogen and oxygen atoms in total. The number of nitrogens with zero attached hydrogens (tertiary/aromatic N) is 1. The monoisotopic (exact) mass is 362 g/mol. The first-order valence-corrected chi connectivity index (χ1v) is 7.61. The number of hydrogen-bond donors (Lipinski definition) is 1. The van der Waals surface area contributed by atoms with Crippen LogP contribution in [0.15, 0.2) is 45.5 Å². The van der Waals surface area contributed by atoms with E-state index < -0.39 is 11.7 Å². The standard InChI is InChI=1S/C16H12BrFN2O2/c17-8-4-5-9(11(18)6-8)14-10(7-19)16(20)22-13-3-1-2-12(21)15(13)14/h4-6,14H,1-3,20H2. The predicted molar refractivity (Wildman–Crippen MR) is 80.6 cm³/mol. The summed E-state index contributed by atoms with van der Waals surface area (Å²) < 4.78 is 20.4. The Kier molecular flexibility index (Phi) is 3.75. The van der Waals surface area contributed by atoms with E-state index in [2.05, 4.69) is 15.9 Å². The molecule has 0 amide bonds. The third kappa shape index (κ3) is 2.32. The van der Waals surface area contributed by atoms with Gasteiger partial charge in [-0.3, -0.25) is 4.79 Å². The van der Waals surface area contributed by atoms with E-state index in [1.165, 1.54) is 6.07 Å². The summed E-state index contributed by atoms with van der Waals surface area (Å²) in [5, 5.41) is 9.38. The van der Waals surface area contributed by atoms with Crippen molar-refractivity contribution in [3.8, 4) is 6.07 Å². The van der Waals surface area contributed by atoms with Gasteiger partial charge in [-0.15, -0.1) is 0 Å². The zero-order valence-electron chi connectivity index (χ0n) is 11.5. The average molecular weight is 363 g/mol. The Balaban J connectivity index is 2.22. The number of carbonyl (C=O) groups excluding carboxylic acids is 1. The minimum absolute atomic E-state index is 0.0525. The van der Waals surface area contributed by atoms with Gasteiger partial charge in [0.2, 0.25) is 5.88 Å². The number of Topliss-reactive ketones (excluding diaryl/α,β-unsaturated/α-hetero) is 1. The molecule has 0 radical (unpaired) electrons. The van der Waals surface area contributed by atoms with Crippen molar-refractivity contribution in [3.63, 3.8) is 0 Å². The summed E-state index contributed by atoms with van der Waals surface area (Å²) in [6, 6.07) is 6.51. The molecule has 22 heavy (non-hydrogen) atoms. The van der Waals surface area contributed by atoms with Crippen LogP contribution in [0, 0.1) is 17.1 Å². The highest BCUT2D eigenvalue weighted by molar-refractivity contribution is 9.10. The lowest BCUT2D eigenvalue weighted by molar-refractivity contribution is -0.116. The Morgan fingerprint density at radius 3 is 2.86 bits per heavy atom. The van der Waals surface area contributed by atoms with E-state index in [9.17, 15) is 14.4 Å². The van der Waals surface area contributed by atoms with Gasteiger partial charge >= 0.3 is 0 Å². The van der Waals surface area contributed by atoms with Gasteiger partial charge in [0.05, 0.1) is 5.92 Å². The molecule has 0 saturated heterocycles. The van der Waals surface area contributed by atoms with Gasteiger partial charge in [-0.1, -0.05) is 22.0 Å². The number of allylic oxidation sites excluding steroid dienone is 3. The van der Waals surface area contributed by atoms with Crippen LogP contribution in [-0.2, 0) is 9.53 Å². The van der Waals surface area contributed by atoms with Crippen LogP contribution in [0.2, 0.25) is 0 Å². The highest BCUT2D eigenvalue weighted by atomic mass is 79.9. The SMILES string of the molecule is N#CC1=C(N)OC2=C(C(=O)CCC2)C1c1ccc(Br)cc1F. The van der Waals surface area contributed by atoms with Crippen molar-refractivity contribution in [1.29, 1.82) is 5.26 Å². The van der Waals surface area contributed by atoms with Crippen molar-refractivity contribution in [1.82, 2.24) is 0 Å². The van der Waals surface area contributed by atoms with Gasteiger partial charge < -0.3 is 10.5 Å². The number of nitriles is 1. The molecule has 2 aliphatic rings. The Morgan fingerprint density at radius 1 is 1.41 bits per heavy atom. The lowest BCUT2D eigenvalue weighted by atomic mass is 9.77. The second-order valence-corrected chi connectivity index (χ2v) is 6.12. The number of halogens is 2. The zero-order chi connectivity index (χ0) is 15.9. The zero-order valence-corrected chi connectivity index (χ0v) is 13.1. The molecular formula is C16H12BrFN2O2. The molecule has 3 rings (SSSR count). The number of hydrogen-bond acceptors (Lipinski definition) is 4. The van der Waals surface area contributed by atoms with Gasteiger partial charge in [0.25, 0.3) is 0 Å². The molecule has 1 aliphatic heterocycles. The Morgan fingerprint density at radius 2 is 2.18 bits per heavy atom. The number of nitrogens with two attached hydrogens (primary N) is 1. The summed E-state index contributed by atoms with van der Waals surface area (Å²) in [6.07, 6.45) is 1.60. The fourth-order valence-corrected chi connectivity index (χ4v) is 3.24. The maximum absolute atomic E-state index is 14.4. The molecular weight excluding hydrogens is 351 g/mol. The van der Waals surface area contributed by atoms with Crippen molar-refractivity contribution in [3.05, 3.63) is 56.8 Å². The molecule has 0 bridgehead atoms. The fourth-order valence-electron chi connectivity index (χ4n) is 2.90. The van der Waals surface area contributed by atoms with Gasteiger partial charge in [-0.2, -0.15) is 5.26 Å². The van der Waals surface area contributed by atoms with E-state index in [0.29, 0.717) is 35.1 Å². The lowest BCUT2D eigenvalue weighted by Gasteiger charge is -2.31. The topological polar surface area (TPSA) is 76.1 Å². The first-order valence-electron chi connectivity index (χ1n) is 6.81. The van der Waals surface area contributed by atoms with Crippen molar-refractivity contribution >= 4 is 21.7 Å². The third-order valence-corrected chi connectivity index (χ3v) is 4.37. The van der Waals surface area contributed by atoms with E-state index in [0.717, 1.165) is 0 Å². The Hall–Kier alpha value is -2.13. The van der Waals surface area contributed by atoms with Gasteiger partial charge in [0.1, 0.15) is 23.2 Å². The quantitative estimate of drug-likeness (QED) is 0.830. The molecule has 2 N–H and O–H groups in total. The molecule has 6 heteroatoms. The van der Waals surface area contributed by atoms with Crippen LogP contribution in [-0.4, -0.2) is 5.78 Å². The second-order valence-electron chi connectivity index (χ2n) is 5.20. The molecule has 0 aromatic heterocycles. The Labute approximate surface area is 135 Å². The van der Waals surface area contributed by atoms with Crippen molar-refractivity contribution < 1.29 is 13.9 Å². The number of benzene rings is 1. The van der Waals surface area contributed by atoms with Crippen LogP contribution in [0.3, 0.4) is 0 Å². The predicted octanol–water partition coefficient (Wildman–Crippen LogP) is 3.40. The van der Waals surface area contributed by atoms with Gasteiger partial charge in [0, 0.05) is 28.5 Å². The first-order chi connectivity index (χ1) is 10.5. The van der Waals surface area contributed by atoms with Crippen molar-refractivity contribution in [2.24, 2.45) is 5.73 Å². The second kappa shape index (κ2) is 5.58. The summed E-state index contributed by atoms with van der Waals surface area (Å²) in [4.78, 5) is 12.3. The molecule has 0 saturated carbocycles. The molecule has 1 heterocycles. The minimum Gasteiger partial charge on any atom is -0.444 e. The molecule has 0 fully saturated rings. The molecule has 1 aromatic rings. The fraction of sp³-hybridized carbons (Fsp3) is 0.250. The van der Waals surface area contributed by atoms with Crippen LogP contribution >= 0.6 is 15.9 Å². The van der Waals surface area contributed by atoms with E-state index in [4.69, 9.17) is 10.5 Å². The highest BCUT2D eigenvalue weighted by Crippen LogP contribution is 2.44. The molecule has 1 aromatic carbocycles. The molecule has 1 aliphatic carbocycles. The Bertz CT molecular complexity index is 777. The molecule has 1 unspecified atom stereocenters. The number of ketones is 1. The van der Waals surface area contributed by atoms with Gasteiger partial charge in [-0.05, 0) is 18.6 Å². The van der Waals surface area contributed by atoms with Gasteiger partial charge in [0.15, 0.2) is 5.78 Å². The smallest absolute Gasteiger partial charge is 0.205 e. The van der Waals surface area contributed by atoms with Crippen LogP contribution in [0.1, 0.15) is 30.7 Å². The van der Waals surface area contributed by atoms with Crippen LogP contribution in [0.5, 0.6) is 0 Å². The summed E-state index contributed by atoms with van der Waals surface area (Å²) in [6.45, 7) is 0. The summed E-state index contributed by atoms with van der Waals surface area (Å²) in [7, 11) is 0. The minimum atomic E-state index is -0.797. The van der Waals surface area contributed by atoms with E-state index in [1.54, 1.807) is 12.1 Å². The molecule has 112 valence electrons. The summed E-state index contributed by atoms with van der Waals surface area (Å²) in [5.74, 6) is -1.00. The van der Waals surface area contributed by atoms with E-state index in [-0.39, 0.29) is 22.8 Å². The first kappa shape index (κ1) is 14.8.